The number of amides is 1. The minimum atomic E-state index is 0.0115. The van der Waals surface area contributed by atoms with Crippen LogP contribution in [0.25, 0.3) is 0 Å². The average Bonchev–Trinajstić information content (AvgIpc) is 2.48. The van der Waals surface area contributed by atoms with Crippen molar-refractivity contribution in [3.05, 3.63) is 54.1 Å². The molecule has 0 radical (unpaired) electrons. The number of aryl methyl sites for hydroxylation is 1. The van der Waals surface area contributed by atoms with Gasteiger partial charge in [-0.25, -0.2) is 0 Å². The molecule has 0 aliphatic rings. The van der Waals surface area contributed by atoms with Gasteiger partial charge in [0, 0.05) is 11.3 Å². The fourth-order valence-electron chi connectivity index (χ4n) is 1.88. The van der Waals surface area contributed by atoms with Gasteiger partial charge in [-0.05, 0) is 43.4 Å². The number of rotatable bonds is 6. The first-order valence-corrected chi connectivity index (χ1v) is 7.97. The van der Waals surface area contributed by atoms with Crippen LogP contribution in [0.5, 0.6) is 0 Å². The number of para-hydroxylation sites is 2. The summed E-state index contributed by atoms with van der Waals surface area (Å²) in [7, 11) is 0. The summed E-state index contributed by atoms with van der Waals surface area (Å²) in [6, 6.07) is 15.7. The van der Waals surface area contributed by atoms with E-state index in [9.17, 15) is 4.79 Å². The summed E-state index contributed by atoms with van der Waals surface area (Å²) in [5.41, 5.74) is 8.34. The van der Waals surface area contributed by atoms with Crippen molar-refractivity contribution in [3.8, 4) is 0 Å². The third kappa shape index (κ3) is 5.16. The van der Waals surface area contributed by atoms with Crippen molar-refractivity contribution in [3.63, 3.8) is 0 Å². The molecule has 0 unspecified atom stereocenters. The molecule has 110 valence electrons. The molecule has 0 aliphatic heterocycles. The van der Waals surface area contributed by atoms with Gasteiger partial charge in [-0.15, -0.1) is 11.8 Å². The average molecular weight is 300 g/mol. The predicted molar refractivity (Wildman–Crippen MR) is 90.6 cm³/mol. The lowest BCUT2D eigenvalue weighted by molar-refractivity contribution is -0.116. The van der Waals surface area contributed by atoms with E-state index in [-0.39, 0.29) is 5.91 Å². The molecule has 4 heteroatoms. The van der Waals surface area contributed by atoms with Crippen LogP contribution in [0.1, 0.15) is 18.4 Å². The summed E-state index contributed by atoms with van der Waals surface area (Å²) < 4.78 is 0. The van der Waals surface area contributed by atoms with E-state index in [1.165, 1.54) is 10.5 Å². The Hall–Kier alpha value is -1.94. The molecule has 2 rings (SSSR count). The Kier molecular flexibility index (Phi) is 5.69. The number of hydrogen-bond acceptors (Lipinski definition) is 3. The van der Waals surface area contributed by atoms with Crippen molar-refractivity contribution in [2.45, 2.75) is 24.7 Å². The molecule has 0 fully saturated rings. The first-order chi connectivity index (χ1) is 10.1. The minimum absolute atomic E-state index is 0.0115. The van der Waals surface area contributed by atoms with Gasteiger partial charge in [0.2, 0.25) is 5.91 Å². The lowest BCUT2D eigenvalue weighted by Crippen LogP contribution is -2.12. The van der Waals surface area contributed by atoms with Crippen LogP contribution in [0.15, 0.2) is 53.4 Å². The second kappa shape index (κ2) is 7.74. The lowest BCUT2D eigenvalue weighted by Gasteiger charge is -2.07. The summed E-state index contributed by atoms with van der Waals surface area (Å²) in [5, 5.41) is 2.84. The number of nitrogens with two attached hydrogens (primary N) is 1. The van der Waals surface area contributed by atoms with E-state index in [2.05, 4.69) is 36.5 Å². The van der Waals surface area contributed by atoms with E-state index in [1.54, 1.807) is 17.8 Å². The zero-order valence-corrected chi connectivity index (χ0v) is 13.0. The number of benzene rings is 2. The Morgan fingerprint density at radius 1 is 1.14 bits per heavy atom. The first-order valence-electron chi connectivity index (χ1n) is 6.99. The number of nitrogens with one attached hydrogen (secondary N) is 1. The van der Waals surface area contributed by atoms with E-state index in [4.69, 9.17) is 5.73 Å². The van der Waals surface area contributed by atoms with Crippen molar-refractivity contribution in [2.75, 3.05) is 16.8 Å². The lowest BCUT2D eigenvalue weighted by atomic mass is 10.2. The Bertz CT molecular complexity index is 596. The molecule has 3 nitrogen and oxygen atoms in total. The van der Waals surface area contributed by atoms with Crippen molar-refractivity contribution in [2.24, 2.45) is 0 Å². The second-order valence-electron chi connectivity index (χ2n) is 4.90. The second-order valence-corrected chi connectivity index (χ2v) is 6.07. The molecule has 0 aliphatic carbocycles. The van der Waals surface area contributed by atoms with E-state index in [0.717, 1.165) is 12.2 Å². The van der Waals surface area contributed by atoms with Gasteiger partial charge >= 0.3 is 0 Å². The van der Waals surface area contributed by atoms with Gasteiger partial charge < -0.3 is 11.1 Å². The maximum Gasteiger partial charge on any atom is 0.224 e. The Morgan fingerprint density at radius 2 is 1.86 bits per heavy atom. The molecule has 2 aromatic carbocycles. The molecule has 0 spiro atoms. The van der Waals surface area contributed by atoms with E-state index in [0.29, 0.717) is 17.8 Å². The normalized spacial score (nSPS) is 10.3. The number of nitrogen functional groups attached to an aromatic ring is 1. The van der Waals surface area contributed by atoms with Gasteiger partial charge in [-0.1, -0.05) is 29.8 Å². The Labute approximate surface area is 129 Å². The van der Waals surface area contributed by atoms with Crippen molar-refractivity contribution in [1.29, 1.82) is 0 Å². The SMILES string of the molecule is Cc1ccc(SCCCC(=O)Nc2ccccc2N)cc1. The van der Waals surface area contributed by atoms with Crippen LogP contribution in [0.3, 0.4) is 0 Å². The van der Waals surface area contributed by atoms with Gasteiger partial charge in [0.25, 0.3) is 0 Å². The van der Waals surface area contributed by atoms with Crippen molar-refractivity contribution < 1.29 is 4.79 Å². The van der Waals surface area contributed by atoms with Crippen molar-refractivity contribution >= 4 is 29.0 Å². The topological polar surface area (TPSA) is 55.1 Å². The highest BCUT2D eigenvalue weighted by atomic mass is 32.2. The molecule has 0 aromatic heterocycles. The molecule has 2 aromatic rings. The van der Waals surface area contributed by atoms with E-state index >= 15 is 0 Å². The third-order valence-electron chi connectivity index (χ3n) is 3.07. The molecule has 0 saturated carbocycles. The van der Waals surface area contributed by atoms with Gasteiger partial charge in [0.15, 0.2) is 0 Å². The van der Waals surface area contributed by atoms with Gasteiger partial charge in [0.05, 0.1) is 11.4 Å². The summed E-state index contributed by atoms with van der Waals surface area (Å²) in [6.45, 7) is 2.08. The molecular weight excluding hydrogens is 280 g/mol. The summed E-state index contributed by atoms with van der Waals surface area (Å²) >= 11 is 1.78. The smallest absolute Gasteiger partial charge is 0.224 e. The van der Waals surface area contributed by atoms with Crippen LogP contribution in [-0.4, -0.2) is 11.7 Å². The van der Waals surface area contributed by atoms with Crippen LogP contribution in [0.4, 0.5) is 11.4 Å². The summed E-state index contributed by atoms with van der Waals surface area (Å²) in [5.74, 6) is 0.943. The predicted octanol–water partition coefficient (Wildman–Crippen LogP) is 4.09. The van der Waals surface area contributed by atoms with Crippen LogP contribution in [0, 0.1) is 6.92 Å². The van der Waals surface area contributed by atoms with Gasteiger partial charge in [-0.3, -0.25) is 4.79 Å². The number of carbonyl (C=O) groups excluding carboxylic acids is 1. The van der Waals surface area contributed by atoms with Crippen LogP contribution in [-0.2, 0) is 4.79 Å². The first kappa shape index (κ1) is 15.4. The zero-order valence-electron chi connectivity index (χ0n) is 12.1. The molecule has 0 bridgehead atoms. The maximum atomic E-state index is 11.8. The number of thioether (sulfide) groups is 1. The van der Waals surface area contributed by atoms with E-state index < -0.39 is 0 Å². The largest absolute Gasteiger partial charge is 0.397 e. The number of carbonyl (C=O) groups is 1. The van der Waals surface area contributed by atoms with Gasteiger partial charge in [-0.2, -0.15) is 0 Å². The molecule has 0 heterocycles. The standard InChI is InChI=1S/C17H20N2OS/c1-13-8-10-14(11-9-13)21-12-4-7-17(20)19-16-6-3-2-5-15(16)18/h2-3,5-6,8-11H,4,7,12,18H2,1H3,(H,19,20). The zero-order chi connectivity index (χ0) is 15.1. The van der Waals surface area contributed by atoms with E-state index in [1.807, 2.05) is 18.2 Å². The highest BCUT2D eigenvalue weighted by molar-refractivity contribution is 7.99. The number of hydrogen-bond donors (Lipinski definition) is 2. The Morgan fingerprint density at radius 3 is 2.57 bits per heavy atom. The molecule has 1 amide bonds. The molecular formula is C17H20N2OS. The quantitative estimate of drug-likeness (QED) is 0.480. The molecule has 21 heavy (non-hydrogen) atoms. The van der Waals surface area contributed by atoms with Crippen molar-refractivity contribution in [1.82, 2.24) is 0 Å². The number of anilines is 2. The molecule has 0 saturated heterocycles. The highest BCUT2D eigenvalue weighted by Gasteiger charge is 2.04. The fourth-order valence-corrected chi connectivity index (χ4v) is 2.73. The highest BCUT2D eigenvalue weighted by Crippen LogP contribution is 2.20. The van der Waals surface area contributed by atoms with Crippen LogP contribution >= 0.6 is 11.8 Å². The van der Waals surface area contributed by atoms with Crippen LogP contribution in [0.2, 0.25) is 0 Å². The molecule has 3 N–H and O–H groups in total. The monoisotopic (exact) mass is 300 g/mol. The fraction of sp³-hybridized carbons (Fsp3) is 0.235. The third-order valence-corrected chi connectivity index (χ3v) is 4.17. The van der Waals surface area contributed by atoms with Gasteiger partial charge in [0.1, 0.15) is 0 Å². The summed E-state index contributed by atoms with van der Waals surface area (Å²) in [6.07, 6.45) is 1.35. The minimum Gasteiger partial charge on any atom is -0.397 e. The van der Waals surface area contributed by atoms with Crippen LogP contribution < -0.4 is 11.1 Å². The molecule has 0 atom stereocenters. The maximum absolute atomic E-state index is 11.8. The summed E-state index contributed by atoms with van der Waals surface area (Å²) in [4.78, 5) is 13.1. The Balaban J connectivity index is 1.70.